The number of nitrogens with one attached hydrogen (secondary N) is 2. The van der Waals surface area contributed by atoms with Crippen LogP contribution in [-0.2, 0) is 0 Å². The Labute approximate surface area is 127 Å². The molecule has 1 aromatic heterocycles. The minimum atomic E-state index is -0.588. The van der Waals surface area contributed by atoms with Crippen molar-refractivity contribution < 1.29 is 9.31 Å². The summed E-state index contributed by atoms with van der Waals surface area (Å²) in [5, 5.41) is 16.7. The van der Waals surface area contributed by atoms with E-state index in [0.29, 0.717) is 16.7 Å². The van der Waals surface area contributed by atoms with Gasteiger partial charge in [-0.05, 0) is 41.1 Å². The summed E-state index contributed by atoms with van der Waals surface area (Å²) in [6.45, 7) is 2.44. The monoisotopic (exact) mass is 355 g/mol. The number of hydrogen-bond donors (Lipinski definition) is 2. The van der Waals surface area contributed by atoms with Crippen LogP contribution >= 0.6 is 15.9 Å². The van der Waals surface area contributed by atoms with Crippen LogP contribution in [0.25, 0.3) is 0 Å². The number of benzene rings is 1. The molecule has 0 aliphatic heterocycles. The Balaban J connectivity index is 2.40. The molecule has 0 amide bonds. The molecule has 0 radical (unpaired) electrons. The molecule has 0 unspecified atom stereocenters. The van der Waals surface area contributed by atoms with Crippen LogP contribution in [0.1, 0.15) is 6.92 Å². The molecule has 1 aromatic carbocycles. The minimum Gasteiger partial charge on any atom is -0.354 e. The van der Waals surface area contributed by atoms with Gasteiger partial charge in [0.2, 0.25) is 11.8 Å². The number of halogens is 2. The van der Waals surface area contributed by atoms with Gasteiger partial charge in [-0.1, -0.05) is 0 Å². The molecule has 1 heterocycles. The van der Waals surface area contributed by atoms with Crippen LogP contribution in [0.15, 0.2) is 28.9 Å². The highest BCUT2D eigenvalue weighted by atomic mass is 79.9. The lowest BCUT2D eigenvalue weighted by atomic mass is 10.3. The largest absolute Gasteiger partial charge is 0.354 e. The lowest BCUT2D eigenvalue weighted by Crippen LogP contribution is -2.07. The summed E-state index contributed by atoms with van der Waals surface area (Å²) in [6.07, 6.45) is 1.12. The molecule has 0 aliphatic rings. The predicted octanol–water partition coefficient (Wildman–Crippen LogP) is 3.46. The summed E-state index contributed by atoms with van der Waals surface area (Å²) in [7, 11) is 0. The van der Waals surface area contributed by atoms with E-state index in [0.717, 1.165) is 6.20 Å². The second-order valence-corrected chi connectivity index (χ2v) is 4.82. The molecule has 0 fully saturated rings. The van der Waals surface area contributed by atoms with Gasteiger partial charge in [-0.25, -0.2) is 9.37 Å². The molecule has 0 aliphatic carbocycles. The Morgan fingerprint density at radius 2 is 2.24 bits per heavy atom. The zero-order chi connectivity index (χ0) is 15.4. The molecule has 21 heavy (non-hydrogen) atoms. The van der Waals surface area contributed by atoms with Gasteiger partial charge in [-0.2, -0.15) is 4.98 Å². The van der Waals surface area contributed by atoms with Crippen molar-refractivity contribution in [2.45, 2.75) is 6.92 Å². The fourth-order valence-electron chi connectivity index (χ4n) is 1.56. The van der Waals surface area contributed by atoms with E-state index in [1.807, 2.05) is 6.92 Å². The van der Waals surface area contributed by atoms with Crippen molar-refractivity contribution in [1.82, 2.24) is 9.97 Å². The Kier molecular flexibility index (Phi) is 4.63. The van der Waals surface area contributed by atoms with E-state index in [-0.39, 0.29) is 17.5 Å². The normalized spacial score (nSPS) is 10.2. The van der Waals surface area contributed by atoms with Gasteiger partial charge in [0.1, 0.15) is 12.0 Å². The summed E-state index contributed by atoms with van der Waals surface area (Å²) >= 11 is 3.18. The number of hydrogen-bond acceptors (Lipinski definition) is 6. The number of anilines is 3. The quantitative estimate of drug-likeness (QED) is 0.630. The molecule has 2 N–H and O–H groups in total. The number of aromatic nitrogens is 2. The summed E-state index contributed by atoms with van der Waals surface area (Å²) in [5.74, 6) is -0.125. The number of rotatable bonds is 5. The minimum absolute atomic E-state index is 0.0262. The van der Waals surface area contributed by atoms with Crippen molar-refractivity contribution >= 4 is 39.1 Å². The highest BCUT2D eigenvalue weighted by Crippen LogP contribution is 2.30. The first-order chi connectivity index (χ1) is 10.0. The summed E-state index contributed by atoms with van der Waals surface area (Å²) < 4.78 is 13.5. The van der Waals surface area contributed by atoms with Crippen LogP contribution in [0, 0.1) is 15.9 Å². The molecule has 2 rings (SSSR count). The Morgan fingerprint density at radius 1 is 1.48 bits per heavy atom. The summed E-state index contributed by atoms with van der Waals surface area (Å²) in [5.41, 5.74) is 0.188. The highest BCUT2D eigenvalue weighted by Gasteiger charge is 2.18. The van der Waals surface area contributed by atoms with E-state index in [1.165, 1.54) is 18.2 Å². The van der Waals surface area contributed by atoms with E-state index in [2.05, 4.69) is 36.5 Å². The molecule has 0 spiro atoms. The van der Waals surface area contributed by atoms with E-state index >= 15 is 0 Å². The van der Waals surface area contributed by atoms with Crippen LogP contribution in [-0.4, -0.2) is 21.4 Å². The van der Waals surface area contributed by atoms with Gasteiger partial charge in [0.25, 0.3) is 0 Å². The predicted molar refractivity (Wildman–Crippen MR) is 80.2 cm³/mol. The lowest BCUT2D eigenvalue weighted by Gasteiger charge is -2.09. The van der Waals surface area contributed by atoms with E-state index in [4.69, 9.17) is 0 Å². The van der Waals surface area contributed by atoms with Gasteiger partial charge in [0.15, 0.2) is 0 Å². The molecule has 2 aromatic rings. The third-order valence-electron chi connectivity index (χ3n) is 2.49. The average Bonchev–Trinajstić information content (AvgIpc) is 2.42. The van der Waals surface area contributed by atoms with Crippen LogP contribution in [0.4, 0.5) is 27.5 Å². The molecular formula is C12H11BrFN5O2. The maximum atomic E-state index is 13.1. The van der Waals surface area contributed by atoms with E-state index in [1.54, 1.807) is 0 Å². The number of nitrogens with zero attached hydrogens (tertiary/aromatic N) is 3. The van der Waals surface area contributed by atoms with Crippen molar-refractivity contribution in [2.75, 3.05) is 17.2 Å². The van der Waals surface area contributed by atoms with Gasteiger partial charge in [-0.15, -0.1) is 0 Å². The van der Waals surface area contributed by atoms with Gasteiger partial charge in [0, 0.05) is 11.0 Å². The van der Waals surface area contributed by atoms with Gasteiger partial charge < -0.3 is 10.6 Å². The second-order valence-electron chi connectivity index (χ2n) is 3.96. The van der Waals surface area contributed by atoms with E-state index in [9.17, 15) is 14.5 Å². The van der Waals surface area contributed by atoms with E-state index < -0.39 is 10.7 Å². The fourth-order valence-corrected chi connectivity index (χ4v) is 2.01. The van der Waals surface area contributed by atoms with Crippen LogP contribution < -0.4 is 10.6 Å². The lowest BCUT2D eigenvalue weighted by molar-refractivity contribution is -0.384. The highest BCUT2D eigenvalue weighted by molar-refractivity contribution is 9.10. The van der Waals surface area contributed by atoms with Crippen molar-refractivity contribution in [1.29, 1.82) is 0 Å². The smallest absolute Gasteiger partial charge is 0.329 e. The first-order valence-corrected chi connectivity index (χ1v) is 6.78. The van der Waals surface area contributed by atoms with Crippen molar-refractivity contribution in [3.63, 3.8) is 0 Å². The first kappa shape index (κ1) is 15.1. The van der Waals surface area contributed by atoms with Gasteiger partial charge in [-0.3, -0.25) is 10.1 Å². The van der Waals surface area contributed by atoms with Crippen LogP contribution in [0.3, 0.4) is 0 Å². The molecule has 110 valence electrons. The first-order valence-electron chi connectivity index (χ1n) is 5.98. The zero-order valence-corrected chi connectivity index (χ0v) is 12.5. The molecule has 0 atom stereocenters. The van der Waals surface area contributed by atoms with Crippen LogP contribution in [0.5, 0.6) is 0 Å². The van der Waals surface area contributed by atoms with Crippen LogP contribution in [0.2, 0.25) is 0 Å². The summed E-state index contributed by atoms with van der Waals surface area (Å²) in [4.78, 5) is 18.3. The maximum absolute atomic E-state index is 13.1. The third-order valence-corrected chi connectivity index (χ3v) is 3.14. The SMILES string of the molecule is CCNc1ncc([N+](=O)[O-])c(Nc2ccc(F)cc2Br)n1. The fraction of sp³-hybridized carbons (Fsp3) is 0.167. The van der Waals surface area contributed by atoms with Gasteiger partial charge in [0.05, 0.1) is 10.6 Å². The molecular weight excluding hydrogens is 345 g/mol. The Hall–Kier alpha value is -2.29. The van der Waals surface area contributed by atoms with Gasteiger partial charge >= 0.3 is 5.69 Å². The zero-order valence-electron chi connectivity index (χ0n) is 10.9. The van der Waals surface area contributed by atoms with Crippen molar-refractivity contribution in [3.8, 4) is 0 Å². The second kappa shape index (κ2) is 6.44. The average molecular weight is 356 g/mol. The Morgan fingerprint density at radius 3 is 2.86 bits per heavy atom. The molecule has 0 saturated heterocycles. The number of nitro groups is 1. The maximum Gasteiger partial charge on any atom is 0.329 e. The van der Waals surface area contributed by atoms with Crippen molar-refractivity contribution in [3.05, 3.63) is 44.8 Å². The Bertz CT molecular complexity index is 683. The summed E-state index contributed by atoms with van der Waals surface area (Å²) in [6, 6.07) is 3.95. The molecule has 7 nitrogen and oxygen atoms in total. The molecule has 0 saturated carbocycles. The van der Waals surface area contributed by atoms with Crippen molar-refractivity contribution in [2.24, 2.45) is 0 Å². The third kappa shape index (κ3) is 3.63. The molecule has 0 bridgehead atoms. The standard InChI is InChI=1S/C12H11BrFN5O2/c1-2-15-12-16-6-10(19(20)21)11(18-12)17-9-4-3-7(14)5-8(9)13/h3-6H,2H2,1H3,(H2,15,16,17,18). The topological polar surface area (TPSA) is 93.0 Å². The molecule has 9 heteroatoms.